The van der Waals surface area contributed by atoms with Crippen molar-refractivity contribution in [2.24, 2.45) is 0 Å². The maximum absolute atomic E-state index is 13.6. The molecule has 0 aliphatic heterocycles. The van der Waals surface area contributed by atoms with Gasteiger partial charge in [0, 0.05) is 18.7 Å². The van der Waals surface area contributed by atoms with Gasteiger partial charge in [0.05, 0.1) is 19.8 Å². The molecule has 0 saturated heterocycles. The predicted octanol–water partition coefficient (Wildman–Crippen LogP) is 6.55. The summed E-state index contributed by atoms with van der Waals surface area (Å²) < 4.78 is 16.1. The van der Waals surface area contributed by atoms with E-state index in [0.29, 0.717) is 41.5 Å². The van der Waals surface area contributed by atoms with Crippen LogP contribution < -0.4 is 9.47 Å². The van der Waals surface area contributed by atoms with Gasteiger partial charge in [-0.25, -0.2) is 4.79 Å². The molecule has 0 heterocycles. The summed E-state index contributed by atoms with van der Waals surface area (Å²) in [4.78, 5) is 27.2. The standard InChI is InChI=1S/C32H31NO5/c1-36-29-12-6-7-13-30(29)38-28-20-18-26(19-21-28)31(34)33(22-8-11-24-9-4-3-5-10-24)23-25-14-16-27(17-15-25)32(35)37-2/h3-7,9-10,12-21H,8,11,22-23H2,1-2H3. The van der Waals surface area contributed by atoms with E-state index in [4.69, 9.17) is 14.2 Å². The van der Waals surface area contributed by atoms with Gasteiger partial charge >= 0.3 is 5.97 Å². The Kier molecular flexibility index (Phi) is 9.13. The number of hydrogen-bond donors (Lipinski definition) is 0. The van der Waals surface area contributed by atoms with Crippen molar-refractivity contribution in [3.05, 3.63) is 125 Å². The van der Waals surface area contributed by atoms with Crippen LogP contribution in [0.4, 0.5) is 0 Å². The number of methoxy groups -OCH3 is 2. The third kappa shape index (κ3) is 7.01. The van der Waals surface area contributed by atoms with Crippen LogP contribution in [0, 0.1) is 0 Å². The number of ether oxygens (including phenoxy) is 3. The lowest BCUT2D eigenvalue weighted by Crippen LogP contribution is -2.31. The van der Waals surface area contributed by atoms with Crippen LogP contribution >= 0.6 is 0 Å². The molecule has 1 amide bonds. The minimum atomic E-state index is -0.386. The molecule has 0 radical (unpaired) electrons. The van der Waals surface area contributed by atoms with Gasteiger partial charge in [-0.1, -0.05) is 54.6 Å². The van der Waals surface area contributed by atoms with E-state index in [0.717, 1.165) is 18.4 Å². The van der Waals surface area contributed by atoms with Crippen LogP contribution in [0.25, 0.3) is 0 Å². The Labute approximate surface area is 223 Å². The quantitative estimate of drug-likeness (QED) is 0.215. The number of rotatable bonds is 11. The largest absolute Gasteiger partial charge is 0.493 e. The second kappa shape index (κ2) is 13.1. The van der Waals surface area contributed by atoms with E-state index < -0.39 is 0 Å². The van der Waals surface area contributed by atoms with Gasteiger partial charge in [0.2, 0.25) is 0 Å². The smallest absolute Gasteiger partial charge is 0.337 e. The average Bonchev–Trinajstić information content (AvgIpc) is 2.97. The zero-order chi connectivity index (χ0) is 26.7. The second-order valence-electron chi connectivity index (χ2n) is 8.78. The Balaban J connectivity index is 1.48. The molecule has 0 aromatic heterocycles. The van der Waals surface area contributed by atoms with Crippen LogP contribution in [0.5, 0.6) is 17.2 Å². The number of nitrogens with zero attached hydrogens (tertiary/aromatic N) is 1. The topological polar surface area (TPSA) is 65.1 Å². The molecule has 0 N–H and O–H groups in total. The lowest BCUT2D eigenvalue weighted by atomic mass is 10.1. The summed E-state index contributed by atoms with van der Waals surface area (Å²) in [6.07, 6.45) is 1.70. The number of carbonyl (C=O) groups is 2. The third-order valence-electron chi connectivity index (χ3n) is 6.17. The minimum Gasteiger partial charge on any atom is -0.493 e. The molecule has 38 heavy (non-hydrogen) atoms. The van der Waals surface area contributed by atoms with Gasteiger partial charge < -0.3 is 19.1 Å². The number of esters is 1. The number of benzene rings is 4. The van der Waals surface area contributed by atoms with Gasteiger partial charge in [-0.15, -0.1) is 0 Å². The average molecular weight is 510 g/mol. The van der Waals surface area contributed by atoms with Gasteiger partial charge in [0.25, 0.3) is 5.91 Å². The highest BCUT2D eigenvalue weighted by Gasteiger charge is 2.17. The van der Waals surface area contributed by atoms with Gasteiger partial charge in [0.15, 0.2) is 11.5 Å². The third-order valence-corrected chi connectivity index (χ3v) is 6.17. The van der Waals surface area contributed by atoms with Crippen molar-refractivity contribution < 1.29 is 23.8 Å². The fraction of sp³-hybridized carbons (Fsp3) is 0.188. The molecule has 194 valence electrons. The summed E-state index contributed by atoms with van der Waals surface area (Å²) in [6.45, 7) is 1.01. The monoisotopic (exact) mass is 509 g/mol. The summed E-state index contributed by atoms with van der Waals surface area (Å²) in [5.41, 5.74) is 3.22. The SMILES string of the molecule is COC(=O)c1ccc(CN(CCCc2ccccc2)C(=O)c2ccc(Oc3ccccc3OC)cc2)cc1. The Bertz CT molecular complexity index is 1330. The second-order valence-corrected chi connectivity index (χ2v) is 8.78. The Morgan fingerprint density at radius 3 is 1.97 bits per heavy atom. The van der Waals surface area contributed by atoms with E-state index in [1.54, 1.807) is 43.5 Å². The number of carbonyl (C=O) groups excluding carboxylic acids is 2. The van der Waals surface area contributed by atoms with Crippen molar-refractivity contribution in [2.75, 3.05) is 20.8 Å². The first-order chi connectivity index (χ1) is 18.6. The number of aryl methyl sites for hydroxylation is 1. The minimum absolute atomic E-state index is 0.0704. The van der Waals surface area contributed by atoms with Crippen LogP contribution in [-0.2, 0) is 17.7 Å². The highest BCUT2D eigenvalue weighted by Crippen LogP contribution is 2.31. The highest BCUT2D eigenvalue weighted by atomic mass is 16.5. The zero-order valence-corrected chi connectivity index (χ0v) is 21.6. The fourth-order valence-corrected chi connectivity index (χ4v) is 4.13. The summed E-state index contributed by atoms with van der Waals surface area (Å²) in [5, 5.41) is 0. The molecular weight excluding hydrogens is 478 g/mol. The van der Waals surface area contributed by atoms with Crippen molar-refractivity contribution >= 4 is 11.9 Å². The number of hydrogen-bond acceptors (Lipinski definition) is 5. The van der Waals surface area contributed by atoms with Crippen LogP contribution in [0.15, 0.2) is 103 Å². The Morgan fingerprint density at radius 2 is 1.32 bits per heavy atom. The maximum atomic E-state index is 13.6. The fourth-order valence-electron chi connectivity index (χ4n) is 4.13. The van der Waals surface area contributed by atoms with Gasteiger partial charge in [-0.3, -0.25) is 4.79 Å². The van der Waals surface area contributed by atoms with E-state index in [1.807, 2.05) is 59.5 Å². The molecule has 0 saturated carbocycles. The van der Waals surface area contributed by atoms with E-state index in [9.17, 15) is 9.59 Å². The summed E-state index contributed by atoms with van der Waals surface area (Å²) >= 11 is 0. The van der Waals surface area contributed by atoms with Gasteiger partial charge in [-0.05, 0) is 72.5 Å². The summed E-state index contributed by atoms with van der Waals surface area (Å²) in [6, 6.07) is 31.9. The van der Waals surface area contributed by atoms with E-state index in [-0.39, 0.29) is 11.9 Å². The van der Waals surface area contributed by atoms with Crippen molar-refractivity contribution in [1.82, 2.24) is 4.90 Å². The van der Waals surface area contributed by atoms with Crippen LogP contribution in [-0.4, -0.2) is 37.5 Å². The summed E-state index contributed by atoms with van der Waals surface area (Å²) in [5.74, 6) is 1.39. The molecule has 0 atom stereocenters. The number of amides is 1. The van der Waals surface area contributed by atoms with E-state index in [2.05, 4.69) is 12.1 Å². The van der Waals surface area contributed by atoms with Crippen molar-refractivity contribution in [1.29, 1.82) is 0 Å². The molecule has 4 rings (SSSR count). The predicted molar refractivity (Wildman–Crippen MR) is 147 cm³/mol. The molecule has 0 unspecified atom stereocenters. The molecule has 4 aromatic carbocycles. The lowest BCUT2D eigenvalue weighted by Gasteiger charge is -2.23. The van der Waals surface area contributed by atoms with Gasteiger partial charge in [0.1, 0.15) is 5.75 Å². The normalized spacial score (nSPS) is 10.5. The molecule has 0 aliphatic carbocycles. The molecule has 0 fully saturated rings. The molecule has 6 nitrogen and oxygen atoms in total. The van der Waals surface area contributed by atoms with Crippen molar-refractivity contribution in [2.45, 2.75) is 19.4 Å². The first kappa shape index (κ1) is 26.5. The lowest BCUT2D eigenvalue weighted by molar-refractivity contribution is 0.0600. The van der Waals surface area contributed by atoms with E-state index in [1.165, 1.54) is 12.7 Å². The number of para-hydroxylation sites is 2. The zero-order valence-electron chi connectivity index (χ0n) is 21.6. The van der Waals surface area contributed by atoms with Crippen molar-refractivity contribution in [3.63, 3.8) is 0 Å². The molecular formula is C32H31NO5. The van der Waals surface area contributed by atoms with Gasteiger partial charge in [-0.2, -0.15) is 0 Å². The Hall–Kier alpha value is -4.58. The first-order valence-electron chi connectivity index (χ1n) is 12.5. The van der Waals surface area contributed by atoms with Crippen LogP contribution in [0.1, 0.15) is 38.3 Å². The first-order valence-corrected chi connectivity index (χ1v) is 12.5. The van der Waals surface area contributed by atoms with Crippen molar-refractivity contribution in [3.8, 4) is 17.2 Å². The highest BCUT2D eigenvalue weighted by molar-refractivity contribution is 5.94. The van der Waals surface area contributed by atoms with Crippen LogP contribution in [0.2, 0.25) is 0 Å². The van der Waals surface area contributed by atoms with Crippen LogP contribution in [0.3, 0.4) is 0 Å². The Morgan fingerprint density at radius 1 is 0.684 bits per heavy atom. The maximum Gasteiger partial charge on any atom is 0.337 e. The molecule has 4 aromatic rings. The molecule has 0 aliphatic rings. The van der Waals surface area contributed by atoms with E-state index >= 15 is 0 Å². The summed E-state index contributed by atoms with van der Waals surface area (Å²) in [7, 11) is 2.95. The molecule has 0 bridgehead atoms. The molecule has 6 heteroatoms. The molecule has 0 spiro atoms.